The zero-order valence-corrected chi connectivity index (χ0v) is 9.72. The summed E-state index contributed by atoms with van der Waals surface area (Å²) in [6, 6.07) is 1.05. The molecule has 1 aromatic rings. The molecule has 0 amide bonds. The Bertz CT molecular complexity index is 454. The van der Waals surface area contributed by atoms with Crippen LogP contribution in [0.15, 0.2) is 12.1 Å². The average molecular weight is 258 g/mol. The van der Waals surface area contributed by atoms with E-state index < -0.39 is 29.0 Å². The van der Waals surface area contributed by atoms with Crippen LogP contribution in [0, 0.1) is 17.5 Å². The number of halogens is 3. The highest BCUT2D eigenvalue weighted by molar-refractivity contribution is 5.89. The van der Waals surface area contributed by atoms with E-state index in [1.165, 1.54) is 0 Å². The Morgan fingerprint density at radius 2 is 1.78 bits per heavy atom. The van der Waals surface area contributed by atoms with Gasteiger partial charge in [0.15, 0.2) is 11.6 Å². The second-order valence-electron chi connectivity index (χ2n) is 4.41. The van der Waals surface area contributed by atoms with Gasteiger partial charge in [0.2, 0.25) is 0 Å². The van der Waals surface area contributed by atoms with Crippen molar-refractivity contribution in [2.75, 3.05) is 0 Å². The Balaban J connectivity index is 2.13. The Labute approximate surface area is 103 Å². The first-order valence-corrected chi connectivity index (χ1v) is 5.93. The van der Waals surface area contributed by atoms with E-state index in [0.29, 0.717) is 25.0 Å². The lowest BCUT2D eigenvalue weighted by Crippen LogP contribution is -2.22. The lowest BCUT2D eigenvalue weighted by molar-refractivity contribution is 0.0204. The molecule has 18 heavy (non-hydrogen) atoms. The Morgan fingerprint density at radius 1 is 1.11 bits per heavy atom. The first-order chi connectivity index (χ1) is 8.58. The van der Waals surface area contributed by atoms with E-state index in [2.05, 4.69) is 0 Å². The quantitative estimate of drug-likeness (QED) is 0.598. The normalized spacial score (nSPS) is 16.6. The van der Waals surface area contributed by atoms with Crippen LogP contribution in [0.1, 0.15) is 42.5 Å². The van der Waals surface area contributed by atoms with E-state index in [1.807, 2.05) is 0 Å². The van der Waals surface area contributed by atoms with Crippen molar-refractivity contribution in [2.24, 2.45) is 0 Å². The van der Waals surface area contributed by atoms with Gasteiger partial charge in [0, 0.05) is 6.07 Å². The molecule has 1 aliphatic rings. The van der Waals surface area contributed by atoms with Crippen molar-refractivity contribution in [3.8, 4) is 0 Å². The minimum absolute atomic E-state index is 0.281. The molecule has 2 rings (SSSR count). The van der Waals surface area contributed by atoms with E-state index in [4.69, 9.17) is 4.74 Å². The molecular weight excluding hydrogens is 245 g/mol. The summed E-state index contributed by atoms with van der Waals surface area (Å²) >= 11 is 0. The highest BCUT2D eigenvalue weighted by Gasteiger charge is 2.23. The monoisotopic (exact) mass is 258 g/mol. The minimum Gasteiger partial charge on any atom is -0.459 e. The predicted octanol–water partition coefficient (Wildman–Crippen LogP) is 3.59. The summed E-state index contributed by atoms with van der Waals surface area (Å²) in [6.45, 7) is 0. The van der Waals surface area contributed by atoms with E-state index >= 15 is 0 Å². The SMILES string of the molecule is O=C(OC1CCCCC1)c1cc(F)cc(F)c1F. The van der Waals surface area contributed by atoms with Gasteiger partial charge >= 0.3 is 5.97 Å². The van der Waals surface area contributed by atoms with Gasteiger partial charge in [-0.25, -0.2) is 18.0 Å². The maximum Gasteiger partial charge on any atom is 0.341 e. The van der Waals surface area contributed by atoms with Crippen LogP contribution in [-0.2, 0) is 4.74 Å². The third-order valence-corrected chi connectivity index (χ3v) is 3.04. The van der Waals surface area contributed by atoms with Crippen molar-refractivity contribution in [1.82, 2.24) is 0 Å². The van der Waals surface area contributed by atoms with Gasteiger partial charge in [0.1, 0.15) is 17.5 Å². The number of hydrogen-bond acceptors (Lipinski definition) is 2. The van der Waals surface area contributed by atoms with E-state index in [9.17, 15) is 18.0 Å². The van der Waals surface area contributed by atoms with Crippen molar-refractivity contribution in [3.05, 3.63) is 35.1 Å². The molecule has 98 valence electrons. The lowest BCUT2D eigenvalue weighted by atomic mass is 9.98. The number of ether oxygens (including phenoxy) is 1. The van der Waals surface area contributed by atoms with Crippen LogP contribution in [0.3, 0.4) is 0 Å². The molecular formula is C13H13F3O2. The van der Waals surface area contributed by atoms with E-state index in [0.717, 1.165) is 19.3 Å². The molecule has 0 atom stereocenters. The number of carbonyl (C=O) groups excluding carboxylic acids is 1. The third-order valence-electron chi connectivity index (χ3n) is 3.04. The fourth-order valence-corrected chi connectivity index (χ4v) is 2.10. The van der Waals surface area contributed by atoms with Crippen LogP contribution in [0.25, 0.3) is 0 Å². The van der Waals surface area contributed by atoms with Crippen LogP contribution in [0.5, 0.6) is 0 Å². The number of esters is 1. The molecule has 0 spiro atoms. The van der Waals surface area contributed by atoms with Crippen LogP contribution < -0.4 is 0 Å². The highest BCUT2D eigenvalue weighted by Crippen LogP contribution is 2.22. The Morgan fingerprint density at radius 3 is 2.44 bits per heavy atom. The summed E-state index contributed by atoms with van der Waals surface area (Å²) in [4.78, 5) is 11.6. The molecule has 0 aromatic heterocycles. The second-order valence-corrected chi connectivity index (χ2v) is 4.41. The van der Waals surface area contributed by atoms with Crippen molar-refractivity contribution in [3.63, 3.8) is 0 Å². The van der Waals surface area contributed by atoms with Gasteiger partial charge in [0.25, 0.3) is 0 Å². The van der Waals surface area contributed by atoms with Crippen LogP contribution >= 0.6 is 0 Å². The minimum atomic E-state index is -1.38. The standard InChI is InChI=1S/C13H13F3O2/c14-8-6-10(12(16)11(15)7-8)13(17)18-9-4-2-1-3-5-9/h6-7,9H,1-5H2. The molecule has 0 aliphatic heterocycles. The van der Waals surface area contributed by atoms with Gasteiger partial charge in [0.05, 0.1) is 0 Å². The summed E-state index contributed by atoms with van der Waals surface area (Å²) in [5.41, 5.74) is -0.682. The van der Waals surface area contributed by atoms with Crippen molar-refractivity contribution >= 4 is 5.97 Å². The zero-order valence-electron chi connectivity index (χ0n) is 9.72. The van der Waals surface area contributed by atoms with Crippen LogP contribution in [-0.4, -0.2) is 12.1 Å². The summed E-state index contributed by atoms with van der Waals surface area (Å²) in [6.07, 6.45) is 4.11. The molecule has 1 aliphatic carbocycles. The molecule has 0 bridgehead atoms. The zero-order chi connectivity index (χ0) is 13.1. The summed E-state index contributed by atoms with van der Waals surface area (Å²) < 4.78 is 44.3. The third kappa shape index (κ3) is 2.83. The molecule has 5 heteroatoms. The first kappa shape index (κ1) is 12.9. The number of rotatable bonds is 2. The topological polar surface area (TPSA) is 26.3 Å². The molecule has 0 radical (unpaired) electrons. The summed E-state index contributed by atoms with van der Waals surface area (Å²) in [5.74, 6) is -4.75. The predicted molar refractivity (Wildman–Crippen MR) is 58.6 cm³/mol. The van der Waals surface area contributed by atoms with Crippen LogP contribution in [0.4, 0.5) is 13.2 Å². The largest absolute Gasteiger partial charge is 0.459 e. The number of hydrogen-bond donors (Lipinski definition) is 0. The fraction of sp³-hybridized carbons (Fsp3) is 0.462. The van der Waals surface area contributed by atoms with Gasteiger partial charge < -0.3 is 4.74 Å². The molecule has 0 N–H and O–H groups in total. The number of benzene rings is 1. The van der Waals surface area contributed by atoms with Gasteiger partial charge in [-0.1, -0.05) is 6.42 Å². The van der Waals surface area contributed by atoms with Crippen molar-refractivity contribution < 1.29 is 22.7 Å². The summed E-state index contributed by atoms with van der Waals surface area (Å²) in [5, 5.41) is 0. The maximum atomic E-state index is 13.3. The average Bonchev–Trinajstić information content (AvgIpc) is 2.35. The maximum absolute atomic E-state index is 13.3. The Hall–Kier alpha value is -1.52. The molecule has 0 heterocycles. The van der Waals surface area contributed by atoms with Crippen molar-refractivity contribution in [2.45, 2.75) is 38.2 Å². The van der Waals surface area contributed by atoms with E-state index in [-0.39, 0.29) is 6.10 Å². The molecule has 1 aromatic carbocycles. The molecule has 2 nitrogen and oxygen atoms in total. The lowest BCUT2D eigenvalue weighted by Gasteiger charge is -2.21. The second kappa shape index (κ2) is 5.42. The summed E-state index contributed by atoms with van der Waals surface area (Å²) in [7, 11) is 0. The smallest absolute Gasteiger partial charge is 0.341 e. The number of carbonyl (C=O) groups is 1. The Kier molecular flexibility index (Phi) is 3.89. The van der Waals surface area contributed by atoms with Crippen molar-refractivity contribution in [1.29, 1.82) is 0 Å². The molecule has 1 fully saturated rings. The van der Waals surface area contributed by atoms with Gasteiger partial charge in [-0.15, -0.1) is 0 Å². The fourth-order valence-electron chi connectivity index (χ4n) is 2.10. The van der Waals surface area contributed by atoms with Gasteiger partial charge in [-0.2, -0.15) is 0 Å². The van der Waals surface area contributed by atoms with Gasteiger partial charge in [-0.3, -0.25) is 0 Å². The highest BCUT2D eigenvalue weighted by atomic mass is 19.2. The molecule has 0 unspecified atom stereocenters. The van der Waals surface area contributed by atoms with E-state index in [1.54, 1.807) is 0 Å². The van der Waals surface area contributed by atoms with Gasteiger partial charge in [-0.05, 0) is 31.7 Å². The molecule has 1 saturated carbocycles. The van der Waals surface area contributed by atoms with Crippen LogP contribution in [0.2, 0.25) is 0 Å². The molecule has 0 saturated heterocycles. The first-order valence-electron chi connectivity index (χ1n) is 5.93.